The van der Waals surface area contributed by atoms with Gasteiger partial charge >= 0.3 is 0 Å². The van der Waals surface area contributed by atoms with Gasteiger partial charge in [-0.2, -0.15) is 20.3 Å². The summed E-state index contributed by atoms with van der Waals surface area (Å²) < 4.78 is 0. The molecular formula is C12H13N5. The van der Waals surface area contributed by atoms with Gasteiger partial charge in [0.15, 0.2) is 0 Å². The molecule has 0 aliphatic rings. The van der Waals surface area contributed by atoms with Gasteiger partial charge in [0.25, 0.3) is 0 Å². The third-order valence-corrected chi connectivity index (χ3v) is 2.25. The van der Waals surface area contributed by atoms with E-state index in [0.29, 0.717) is 19.5 Å². The van der Waals surface area contributed by atoms with Crippen LogP contribution >= 0.6 is 0 Å². The fourth-order valence-corrected chi connectivity index (χ4v) is 1.42. The third-order valence-electron chi connectivity index (χ3n) is 2.25. The molecule has 0 radical (unpaired) electrons. The minimum atomic E-state index is 0.507. The highest BCUT2D eigenvalue weighted by Crippen LogP contribution is 2.03. The average Bonchev–Trinajstić information content (AvgIpc) is 2.85. The molecule has 2 aromatic rings. The van der Waals surface area contributed by atoms with E-state index in [4.69, 9.17) is 5.26 Å². The number of rotatable bonds is 5. The summed E-state index contributed by atoms with van der Waals surface area (Å²) in [7, 11) is 0. The van der Waals surface area contributed by atoms with Crippen LogP contribution in [-0.4, -0.2) is 21.5 Å². The molecule has 0 unspecified atom stereocenters. The van der Waals surface area contributed by atoms with Gasteiger partial charge < -0.3 is 5.32 Å². The zero-order valence-corrected chi connectivity index (χ0v) is 9.37. The van der Waals surface area contributed by atoms with E-state index in [0.717, 1.165) is 11.4 Å². The summed E-state index contributed by atoms with van der Waals surface area (Å²) >= 11 is 0. The number of nitriles is 1. The average molecular weight is 227 g/mol. The predicted molar refractivity (Wildman–Crippen MR) is 63.3 cm³/mol. The standard InChI is InChI=1S/C12H13N5/c13-7-4-8-14-9-11-10-15-17(16-11)12-5-2-1-3-6-12/h1-3,5-6,10,14H,4,8-9H2. The van der Waals surface area contributed by atoms with E-state index in [1.54, 1.807) is 11.0 Å². The Balaban J connectivity index is 1.95. The summed E-state index contributed by atoms with van der Waals surface area (Å²) in [6, 6.07) is 11.8. The molecule has 86 valence electrons. The number of hydrogen-bond donors (Lipinski definition) is 1. The van der Waals surface area contributed by atoms with E-state index in [9.17, 15) is 0 Å². The smallest absolute Gasteiger partial charge is 0.0969 e. The van der Waals surface area contributed by atoms with E-state index >= 15 is 0 Å². The summed E-state index contributed by atoms with van der Waals surface area (Å²) in [5.41, 5.74) is 1.81. The Morgan fingerprint density at radius 1 is 1.29 bits per heavy atom. The first-order valence-electron chi connectivity index (χ1n) is 5.44. The van der Waals surface area contributed by atoms with Crippen LogP contribution in [0.5, 0.6) is 0 Å². The monoisotopic (exact) mass is 227 g/mol. The maximum atomic E-state index is 8.39. The zero-order chi connectivity index (χ0) is 11.9. The summed E-state index contributed by atoms with van der Waals surface area (Å²) in [5, 5.41) is 20.0. The molecule has 2 rings (SSSR count). The highest BCUT2D eigenvalue weighted by atomic mass is 15.5. The van der Waals surface area contributed by atoms with E-state index in [1.165, 1.54) is 0 Å². The molecule has 1 aromatic heterocycles. The topological polar surface area (TPSA) is 66.5 Å². The fourth-order valence-electron chi connectivity index (χ4n) is 1.42. The Morgan fingerprint density at radius 3 is 2.88 bits per heavy atom. The predicted octanol–water partition coefficient (Wildman–Crippen LogP) is 1.27. The van der Waals surface area contributed by atoms with Crippen LogP contribution in [0.15, 0.2) is 36.5 Å². The molecule has 5 nitrogen and oxygen atoms in total. The lowest BCUT2D eigenvalue weighted by molar-refractivity contribution is 0.667. The number of aromatic nitrogens is 3. The summed E-state index contributed by atoms with van der Waals surface area (Å²) in [6.07, 6.45) is 2.24. The molecular weight excluding hydrogens is 214 g/mol. The summed E-state index contributed by atoms with van der Waals surface area (Å²) in [5.74, 6) is 0. The van der Waals surface area contributed by atoms with Crippen LogP contribution in [0.1, 0.15) is 12.1 Å². The molecule has 0 saturated heterocycles. The van der Waals surface area contributed by atoms with Crippen molar-refractivity contribution in [1.82, 2.24) is 20.3 Å². The Bertz CT molecular complexity index is 497. The molecule has 1 heterocycles. The number of nitrogens with one attached hydrogen (secondary N) is 1. The number of para-hydroxylation sites is 1. The van der Waals surface area contributed by atoms with Gasteiger partial charge in [-0.05, 0) is 12.1 Å². The van der Waals surface area contributed by atoms with Crippen LogP contribution < -0.4 is 5.32 Å². The van der Waals surface area contributed by atoms with Gasteiger partial charge in [0.1, 0.15) is 0 Å². The maximum absolute atomic E-state index is 8.39. The molecule has 0 bridgehead atoms. The summed E-state index contributed by atoms with van der Waals surface area (Å²) in [4.78, 5) is 1.60. The van der Waals surface area contributed by atoms with Gasteiger partial charge in [0.05, 0.1) is 23.6 Å². The van der Waals surface area contributed by atoms with Crippen molar-refractivity contribution in [2.24, 2.45) is 0 Å². The highest BCUT2D eigenvalue weighted by molar-refractivity contribution is 5.28. The van der Waals surface area contributed by atoms with Gasteiger partial charge in [-0.1, -0.05) is 18.2 Å². The molecule has 0 aliphatic carbocycles. The lowest BCUT2D eigenvalue weighted by Crippen LogP contribution is -2.14. The van der Waals surface area contributed by atoms with Crippen molar-refractivity contribution in [2.75, 3.05) is 6.54 Å². The van der Waals surface area contributed by atoms with Gasteiger partial charge in [0, 0.05) is 19.5 Å². The lowest BCUT2D eigenvalue weighted by Gasteiger charge is -1.98. The molecule has 1 aromatic carbocycles. The zero-order valence-electron chi connectivity index (χ0n) is 9.37. The number of hydrogen-bond acceptors (Lipinski definition) is 4. The van der Waals surface area contributed by atoms with Gasteiger partial charge in [0.2, 0.25) is 0 Å². The molecule has 0 fully saturated rings. The van der Waals surface area contributed by atoms with Crippen molar-refractivity contribution in [1.29, 1.82) is 5.26 Å². The molecule has 0 atom stereocenters. The Hall–Kier alpha value is -2.19. The Labute approximate surface area is 99.7 Å². The van der Waals surface area contributed by atoms with Crippen LogP contribution in [0.2, 0.25) is 0 Å². The van der Waals surface area contributed by atoms with Crippen molar-refractivity contribution in [3.8, 4) is 11.8 Å². The van der Waals surface area contributed by atoms with E-state index < -0.39 is 0 Å². The molecule has 5 heteroatoms. The van der Waals surface area contributed by atoms with Gasteiger partial charge in [-0.3, -0.25) is 0 Å². The first kappa shape index (κ1) is 11.3. The highest BCUT2D eigenvalue weighted by Gasteiger charge is 2.01. The second-order valence-electron chi connectivity index (χ2n) is 3.55. The second kappa shape index (κ2) is 5.77. The molecule has 0 spiro atoms. The Kier molecular flexibility index (Phi) is 3.84. The third kappa shape index (κ3) is 3.13. The largest absolute Gasteiger partial charge is 0.310 e. The SMILES string of the molecule is N#CCCNCc1cnn(-c2ccccc2)n1. The van der Waals surface area contributed by atoms with Crippen molar-refractivity contribution in [3.05, 3.63) is 42.2 Å². The quantitative estimate of drug-likeness (QED) is 0.781. The van der Waals surface area contributed by atoms with Crippen LogP contribution in [0, 0.1) is 11.3 Å². The van der Waals surface area contributed by atoms with E-state index in [1.807, 2.05) is 30.3 Å². The maximum Gasteiger partial charge on any atom is 0.0969 e. The van der Waals surface area contributed by atoms with Crippen molar-refractivity contribution >= 4 is 0 Å². The van der Waals surface area contributed by atoms with Crippen molar-refractivity contribution in [2.45, 2.75) is 13.0 Å². The first-order valence-corrected chi connectivity index (χ1v) is 5.44. The van der Waals surface area contributed by atoms with Crippen molar-refractivity contribution < 1.29 is 0 Å². The minimum absolute atomic E-state index is 0.507. The second-order valence-corrected chi connectivity index (χ2v) is 3.55. The molecule has 0 amide bonds. The van der Waals surface area contributed by atoms with Crippen LogP contribution in [0.25, 0.3) is 5.69 Å². The van der Waals surface area contributed by atoms with Crippen molar-refractivity contribution in [3.63, 3.8) is 0 Å². The summed E-state index contributed by atoms with van der Waals surface area (Å²) in [6.45, 7) is 1.31. The van der Waals surface area contributed by atoms with Crippen LogP contribution in [0.3, 0.4) is 0 Å². The van der Waals surface area contributed by atoms with Gasteiger partial charge in [-0.15, -0.1) is 0 Å². The molecule has 1 N–H and O–H groups in total. The Morgan fingerprint density at radius 2 is 2.12 bits per heavy atom. The van der Waals surface area contributed by atoms with E-state index in [-0.39, 0.29) is 0 Å². The lowest BCUT2D eigenvalue weighted by atomic mass is 10.3. The molecule has 0 saturated carbocycles. The molecule has 17 heavy (non-hydrogen) atoms. The number of nitrogens with zero attached hydrogens (tertiary/aromatic N) is 4. The normalized spacial score (nSPS) is 10.1. The number of benzene rings is 1. The molecule has 0 aliphatic heterocycles. The fraction of sp³-hybridized carbons (Fsp3) is 0.250. The van der Waals surface area contributed by atoms with Crippen LogP contribution in [-0.2, 0) is 6.54 Å². The first-order chi connectivity index (χ1) is 8.40. The minimum Gasteiger partial charge on any atom is -0.310 e. The van der Waals surface area contributed by atoms with Gasteiger partial charge in [-0.25, -0.2) is 0 Å². The van der Waals surface area contributed by atoms with E-state index in [2.05, 4.69) is 21.6 Å². The van der Waals surface area contributed by atoms with Crippen LogP contribution in [0.4, 0.5) is 0 Å².